The Morgan fingerprint density at radius 2 is 1.93 bits per heavy atom. The Bertz CT molecular complexity index is 1130. The molecule has 0 spiro atoms. The summed E-state index contributed by atoms with van der Waals surface area (Å²) < 4.78 is 28.3. The van der Waals surface area contributed by atoms with Crippen LogP contribution in [0.2, 0.25) is 0 Å². The topological polar surface area (TPSA) is 66.5 Å². The van der Waals surface area contributed by atoms with E-state index in [1.165, 1.54) is 15.6 Å². The lowest BCUT2D eigenvalue weighted by molar-refractivity contribution is 0.102. The van der Waals surface area contributed by atoms with Crippen molar-refractivity contribution in [3.05, 3.63) is 81.1 Å². The monoisotopic (exact) mass is 476 g/mol. The molecule has 4 rings (SSSR count). The molecule has 2 aromatic carbocycles. The first-order chi connectivity index (χ1) is 13.4. The second-order valence-electron chi connectivity index (χ2n) is 6.47. The predicted octanol–water partition coefficient (Wildman–Crippen LogP) is 4.51. The van der Waals surface area contributed by atoms with E-state index in [2.05, 4.69) is 21.2 Å². The molecule has 0 fully saturated rings. The number of thiophene rings is 1. The normalized spacial score (nSPS) is 14.5. The number of nitrogens with one attached hydrogen (secondary N) is 1. The molecule has 1 aliphatic heterocycles. The van der Waals surface area contributed by atoms with E-state index in [0.29, 0.717) is 35.0 Å². The maximum atomic E-state index is 12.8. The maximum Gasteiger partial charge on any atom is 0.255 e. The van der Waals surface area contributed by atoms with Gasteiger partial charge in [-0.05, 0) is 59.3 Å². The summed E-state index contributed by atoms with van der Waals surface area (Å²) in [6.45, 7) is 0.757. The van der Waals surface area contributed by atoms with Crippen molar-refractivity contribution in [2.45, 2.75) is 17.2 Å². The zero-order chi connectivity index (χ0) is 19.7. The summed E-state index contributed by atoms with van der Waals surface area (Å²) in [5, 5.41) is 4.66. The SMILES string of the molecule is O=C(Nc1ccc2c(c1)CN(S(=O)(=O)c1cccs1)CC2)c1cccc(Br)c1. The van der Waals surface area contributed by atoms with Crippen molar-refractivity contribution >= 4 is 48.9 Å². The first kappa shape index (κ1) is 19.3. The quantitative estimate of drug-likeness (QED) is 0.602. The van der Waals surface area contributed by atoms with Crippen molar-refractivity contribution in [2.24, 2.45) is 0 Å². The molecule has 144 valence electrons. The molecular formula is C20H17BrN2O3S2. The summed E-state index contributed by atoms with van der Waals surface area (Å²) in [5.41, 5.74) is 3.23. The molecule has 3 aromatic rings. The fraction of sp³-hybridized carbons (Fsp3) is 0.150. The van der Waals surface area contributed by atoms with Crippen molar-refractivity contribution < 1.29 is 13.2 Å². The van der Waals surface area contributed by atoms with E-state index in [9.17, 15) is 13.2 Å². The Morgan fingerprint density at radius 1 is 1.07 bits per heavy atom. The summed E-state index contributed by atoms with van der Waals surface area (Å²) in [6.07, 6.45) is 0.653. The Kier molecular flexibility index (Phi) is 5.37. The van der Waals surface area contributed by atoms with Crippen LogP contribution in [0.3, 0.4) is 0 Å². The summed E-state index contributed by atoms with van der Waals surface area (Å²) in [6, 6.07) is 16.2. The molecule has 0 saturated heterocycles. The van der Waals surface area contributed by atoms with Crippen molar-refractivity contribution in [2.75, 3.05) is 11.9 Å². The van der Waals surface area contributed by atoms with Crippen LogP contribution in [-0.4, -0.2) is 25.2 Å². The van der Waals surface area contributed by atoms with Gasteiger partial charge >= 0.3 is 0 Å². The third kappa shape index (κ3) is 3.91. The molecule has 0 aliphatic carbocycles. The second kappa shape index (κ2) is 7.79. The highest BCUT2D eigenvalue weighted by atomic mass is 79.9. The number of carbonyl (C=O) groups excluding carboxylic acids is 1. The van der Waals surface area contributed by atoms with E-state index in [1.807, 2.05) is 24.3 Å². The molecule has 0 atom stereocenters. The van der Waals surface area contributed by atoms with Gasteiger partial charge in [0.1, 0.15) is 4.21 Å². The third-order valence-corrected chi connectivity index (χ3v) is 8.33. The number of hydrogen-bond donors (Lipinski definition) is 1. The summed E-state index contributed by atoms with van der Waals surface area (Å²) in [5.74, 6) is -0.208. The number of hydrogen-bond acceptors (Lipinski definition) is 4. The highest BCUT2D eigenvalue weighted by molar-refractivity contribution is 9.10. The number of benzene rings is 2. The molecule has 28 heavy (non-hydrogen) atoms. The number of halogens is 1. The minimum atomic E-state index is -3.49. The van der Waals surface area contributed by atoms with Gasteiger partial charge in [0, 0.05) is 28.8 Å². The number of anilines is 1. The minimum Gasteiger partial charge on any atom is -0.322 e. The Labute approximate surface area is 176 Å². The van der Waals surface area contributed by atoms with E-state index in [-0.39, 0.29) is 5.91 Å². The van der Waals surface area contributed by atoms with E-state index in [4.69, 9.17) is 0 Å². The highest BCUT2D eigenvalue weighted by Gasteiger charge is 2.29. The minimum absolute atomic E-state index is 0.208. The number of nitrogens with zero attached hydrogens (tertiary/aromatic N) is 1. The van der Waals surface area contributed by atoms with E-state index < -0.39 is 10.0 Å². The van der Waals surface area contributed by atoms with Gasteiger partial charge in [0.05, 0.1) is 0 Å². The van der Waals surface area contributed by atoms with Gasteiger partial charge in [-0.2, -0.15) is 4.31 Å². The molecule has 0 unspecified atom stereocenters. The van der Waals surface area contributed by atoms with Crippen molar-refractivity contribution in [1.29, 1.82) is 0 Å². The Morgan fingerprint density at radius 3 is 2.68 bits per heavy atom. The highest BCUT2D eigenvalue weighted by Crippen LogP contribution is 2.29. The molecule has 5 nitrogen and oxygen atoms in total. The molecule has 1 aliphatic rings. The largest absolute Gasteiger partial charge is 0.322 e. The van der Waals surface area contributed by atoms with Crippen LogP contribution >= 0.6 is 27.3 Å². The molecule has 0 bridgehead atoms. The van der Waals surface area contributed by atoms with Gasteiger partial charge in [-0.15, -0.1) is 11.3 Å². The average molecular weight is 477 g/mol. The number of carbonyl (C=O) groups is 1. The van der Waals surface area contributed by atoms with Crippen LogP contribution in [-0.2, 0) is 23.0 Å². The number of sulfonamides is 1. The molecule has 8 heteroatoms. The summed E-state index contributed by atoms with van der Waals surface area (Å²) >= 11 is 4.59. The molecule has 0 radical (unpaired) electrons. The molecule has 1 N–H and O–H groups in total. The number of amides is 1. The van der Waals surface area contributed by atoms with Gasteiger partial charge in [-0.25, -0.2) is 8.42 Å². The molecule has 0 saturated carbocycles. The zero-order valence-electron chi connectivity index (χ0n) is 14.8. The molecule has 1 aromatic heterocycles. The van der Waals surface area contributed by atoms with E-state index in [0.717, 1.165) is 15.6 Å². The van der Waals surface area contributed by atoms with Gasteiger partial charge in [0.15, 0.2) is 0 Å². The number of fused-ring (bicyclic) bond motifs is 1. The Hall–Kier alpha value is -2.00. The van der Waals surface area contributed by atoms with Crippen LogP contribution in [0.1, 0.15) is 21.5 Å². The van der Waals surface area contributed by atoms with Gasteiger partial charge in [-0.1, -0.05) is 34.1 Å². The lowest BCUT2D eigenvalue weighted by atomic mass is 10.0. The molecular weight excluding hydrogens is 460 g/mol. The lowest BCUT2D eigenvalue weighted by Crippen LogP contribution is -2.35. The first-order valence-corrected chi connectivity index (χ1v) is 11.8. The van der Waals surface area contributed by atoms with Crippen LogP contribution < -0.4 is 5.32 Å². The average Bonchev–Trinajstić information content (AvgIpc) is 3.23. The summed E-state index contributed by atoms with van der Waals surface area (Å²) in [4.78, 5) is 12.5. The van der Waals surface area contributed by atoms with Crippen LogP contribution in [0.5, 0.6) is 0 Å². The predicted molar refractivity (Wildman–Crippen MR) is 114 cm³/mol. The van der Waals surface area contributed by atoms with E-state index in [1.54, 1.807) is 35.7 Å². The fourth-order valence-electron chi connectivity index (χ4n) is 3.18. The third-order valence-electron chi connectivity index (χ3n) is 4.62. The fourth-order valence-corrected chi connectivity index (χ4v) is 6.15. The van der Waals surface area contributed by atoms with Crippen LogP contribution in [0.15, 0.2) is 68.7 Å². The maximum absolute atomic E-state index is 12.8. The van der Waals surface area contributed by atoms with Gasteiger partial charge < -0.3 is 5.32 Å². The Balaban J connectivity index is 1.55. The smallest absolute Gasteiger partial charge is 0.255 e. The lowest BCUT2D eigenvalue weighted by Gasteiger charge is -2.28. The standard InChI is InChI=1S/C20H17BrN2O3S2/c21-17-4-1-3-15(11-17)20(24)22-18-7-6-14-8-9-23(13-16(14)12-18)28(25,26)19-5-2-10-27-19/h1-7,10-12H,8-9,13H2,(H,22,24). The summed E-state index contributed by atoms with van der Waals surface area (Å²) in [7, 11) is -3.49. The van der Waals surface area contributed by atoms with Gasteiger partial charge in [-0.3, -0.25) is 4.79 Å². The van der Waals surface area contributed by atoms with Gasteiger partial charge in [0.2, 0.25) is 0 Å². The van der Waals surface area contributed by atoms with E-state index >= 15 is 0 Å². The van der Waals surface area contributed by atoms with Crippen molar-refractivity contribution in [1.82, 2.24) is 4.31 Å². The van der Waals surface area contributed by atoms with Crippen LogP contribution in [0, 0.1) is 0 Å². The van der Waals surface area contributed by atoms with Crippen LogP contribution in [0.25, 0.3) is 0 Å². The zero-order valence-corrected chi connectivity index (χ0v) is 18.0. The van der Waals surface area contributed by atoms with Crippen LogP contribution in [0.4, 0.5) is 5.69 Å². The molecule has 2 heterocycles. The molecule has 1 amide bonds. The second-order valence-corrected chi connectivity index (χ2v) is 10.5. The van der Waals surface area contributed by atoms with Crippen molar-refractivity contribution in [3.63, 3.8) is 0 Å². The van der Waals surface area contributed by atoms with Gasteiger partial charge in [0.25, 0.3) is 15.9 Å². The number of rotatable bonds is 4. The van der Waals surface area contributed by atoms with Crippen molar-refractivity contribution in [3.8, 4) is 0 Å². The first-order valence-electron chi connectivity index (χ1n) is 8.66.